The summed E-state index contributed by atoms with van der Waals surface area (Å²) in [5.74, 6) is 0.317. The zero-order valence-corrected chi connectivity index (χ0v) is 10.9. The number of urea groups is 1. The average molecular weight is 251 g/mol. The lowest BCUT2D eigenvalue weighted by molar-refractivity contribution is 0.217. The zero-order valence-electron chi connectivity index (χ0n) is 10.1. The van der Waals surface area contributed by atoms with Gasteiger partial charge < -0.3 is 15.5 Å². The highest BCUT2D eigenvalue weighted by Crippen LogP contribution is 1.86. The van der Waals surface area contributed by atoms with Crippen molar-refractivity contribution in [1.29, 1.82) is 0 Å². The van der Waals surface area contributed by atoms with Crippen molar-refractivity contribution in [3.8, 4) is 0 Å². The maximum absolute atomic E-state index is 11.1. The molecule has 16 heavy (non-hydrogen) atoms. The molecule has 2 amide bonds. The summed E-state index contributed by atoms with van der Waals surface area (Å²) in [5.41, 5.74) is 0. The smallest absolute Gasteiger partial charge is 0.316 e. The molecule has 96 valence electrons. The molecule has 7 heteroatoms. The van der Waals surface area contributed by atoms with E-state index in [9.17, 15) is 13.2 Å². The van der Waals surface area contributed by atoms with Crippen molar-refractivity contribution in [2.75, 3.05) is 45.2 Å². The second-order valence-electron chi connectivity index (χ2n) is 3.61. The van der Waals surface area contributed by atoms with Crippen LogP contribution in [-0.4, -0.2) is 64.6 Å². The Morgan fingerprint density at radius 3 is 2.31 bits per heavy atom. The fourth-order valence-electron chi connectivity index (χ4n) is 0.913. The minimum atomic E-state index is -2.89. The van der Waals surface area contributed by atoms with Crippen molar-refractivity contribution in [1.82, 2.24) is 15.5 Å². The van der Waals surface area contributed by atoms with E-state index in [2.05, 4.69) is 10.6 Å². The van der Waals surface area contributed by atoms with Gasteiger partial charge in [0.1, 0.15) is 0 Å². The highest BCUT2D eigenvalue weighted by atomic mass is 32.2. The molecule has 0 saturated carbocycles. The van der Waals surface area contributed by atoms with Gasteiger partial charge in [-0.15, -0.1) is 0 Å². The van der Waals surface area contributed by atoms with Gasteiger partial charge in [-0.3, -0.25) is 0 Å². The number of hydrogen-bond donors (Lipinski definition) is 2. The number of carbonyl (C=O) groups is 1. The van der Waals surface area contributed by atoms with Crippen molar-refractivity contribution in [3.63, 3.8) is 0 Å². The molecule has 2 N–H and O–H groups in total. The molecule has 0 unspecified atom stereocenters. The summed E-state index contributed by atoms with van der Waals surface area (Å²) >= 11 is 0. The standard InChI is InChI=1S/C9H21N3O3S/c1-4-16(14,15)8-7-10-5-6-11-9(13)12(2)3/h10H,4-8H2,1-3H3,(H,11,13). The number of nitrogens with one attached hydrogen (secondary N) is 2. The van der Waals surface area contributed by atoms with Crippen molar-refractivity contribution in [2.24, 2.45) is 0 Å². The largest absolute Gasteiger partial charge is 0.337 e. The molecule has 0 heterocycles. The van der Waals surface area contributed by atoms with Crippen LogP contribution >= 0.6 is 0 Å². The minimum absolute atomic E-state index is 0.144. The molecular formula is C9H21N3O3S. The summed E-state index contributed by atoms with van der Waals surface area (Å²) in [6, 6.07) is -0.150. The first-order valence-corrected chi connectivity index (χ1v) is 7.07. The summed E-state index contributed by atoms with van der Waals surface area (Å²) in [4.78, 5) is 12.5. The van der Waals surface area contributed by atoms with Gasteiger partial charge in [-0.05, 0) is 0 Å². The summed E-state index contributed by atoms with van der Waals surface area (Å²) in [6.45, 7) is 3.11. The average Bonchev–Trinajstić information content (AvgIpc) is 2.22. The van der Waals surface area contributed by atoms with Crippen molar-refractivity contribution < 1.29 is 13.2 Å². The fraction of sp³-hybridized carbons (Fsp3) is 0.889. The van der Waals surface area contributed by atoms with Crippen LogP contribution in [0.15, 0.2) is 0 Å². The third-order valence-electron chi connectivity index (χ3n) is 2.01. The monoisotopic (exact) mass is 251 g/mol. The van der Waals surface area contributed by atoms with E-state index in [1.54, 1.807) is 21.0 Å². The van der Waals surface area contributed by atoms with Gasteiger partial charge in [0, 0.05) is 39.5 Å². The first-order chi connectivity index (χ1) is 7.39. The first-order valence-electron chi connectivity index (χ1n) is 5.25. The second-order valence-corrected chi connectivity index (χ2v) is 6.09. The normalized spacial score (nSPS) is 11.2. The third kappa shape index (κ3) is 7.47. The number of hydrogen-bond acceptors (Lipinski definition) is 4. The Kier molecular flexibility index (Phi) is 7.07. The van der Waals surface area contributed by atoms with E-state index >= 15 is 0 Å². The summed E-state index contributed by atoms with van der Waals surface area (Å²) < 4.78 is 22.2. The maximum Gasteiger partial charge on any atom is 0.316 e. The second kappa shape index (κ2) is 7.45. The van der Waals surface area contributed by atoms with E-state index < -0.39 is 9.84 Å². The third-order valence-corrected chi connectivity index (χ3v) is 3.72. The summed E-state index contributed by atoms with van der Waals surface area (Å²) in [5, 5.41) is 5.63. The van der Waals surface area contributed by atoms with Crippen molar-refractivity contribution in [3.05, 3.63) is 0 Å². The van der Waals surface area contributed by atoms with E-state index in [0.29, 0.717) is 19.6 Å². The van der Waals surface area contributed by atoms with E-state index in [1.807, 2.05) is 0 Å². The Hall–Kier alpha value is -0.820. The Bertz CT molecular complexity index is 301. The Balaban J connectivity index is 3.45. The van der Waals surface area contributed by atoms with Crippen LogP contribution in [-0.2, 0) is 9.84 Å². The maximum atomic E-state index is 11.1. The van der Waals surface area contributed by atoms with Gasteiger partial charge in [0.25, 0.3) is 0 Å². The van der Waals surface area contributed by atoms with Crippen LogP contribution in [0.25, 0.3) is 0 Å². The van der Waals surface area contributed by atoms with E-state index in [0.717, 1.165) is 0 Å². The number of carbonyl (C=O) groups excluding carboxylic acids is 1. The first kappa shape index (κ1) is 15.2. The molecule has 0 radical (unpaired) electrons. The van der Waals surface area contributed by atoms with Gasteiger partial charge in [-0.1, -0.05) is 6.92 Å². The Morgan fingerprint density at radius 2 is 1.81 bits per heavy atom. The molecule has 0 aromatic carbocycles. The van der Waals surface area contributed by atoms with Gasteiger partial charge in [0.15, 0.2) is 9.84 Å². The van der Waals surface area contributed by atoms with E-state index in [4.69, 9.17) is 0 Å². The van der Waals surface area contributed by atoms with Crippen LogP contribution in [0.1, 0.15) is 6.92 Å². The van der Waals surface area contributed by atoms with Crippen LogP contribution in [0.4, 0.5) is 4.79 Å². The van der Waals surface area contributed by atoms with Gasteiger partial charge >= 0.3 is 6.03 Å². The lowest BCUT2D eigenvalue weighted by Gasteiger charge is -2.12. The molecule has 0 bridgehead atoms. The molecule has 0 fully saturated rings. The minimum Gasteiger partial charge on any atom is -0.337 e. The molecule has 0 aromatic rings. The molecule has 0 aliphatic rings. The number of rotatable bonds is 7. The predicted molar refractivity (Wildman–Crippen MR) is 64.3 cm³/mol. The predicted octanol–water partition coefficient (Wildman–Crippen LogP) is -0.718. The van der Waals surface area contributed by atoms with E-state index in [-0.39, 0.29) is 17.5 Å². The SMILES string of the molecule is CCS(=O)(=O)CCNCCNC(=O)N(C)C. The Labute approximate surface area is 97.3 Å². The van der Waals surface area contributed by atoms with Crippen LogP contribution in [0.5, 0.6) is 0 Å². The van der Waals surface area contributed by atoms with Gasteiger partial charge in [-0.2, -0.15) is 0 Å². The Morgan fingerprint density at radius 1 is 1.19 bits per heavy atom. The molecule has 0 aliphatic carbocycles. The summed E-state index contributed by atoms with van der Waals surface area (Å²) in [6.07, 6.45) is 0. The molecule has 0 aliphatic heterocycles. The number of nitrogens with zero attached hydrogens (tertiary/aromatic N) is 1. The van der Waals surface area contributed by atoms with Crippen molar-refractivity contribution in [2.45, 2.75) is 6.92 Å². The number of sulfone groups is 1. The highest BCUT2D eigenvalue weighted by Gasteiger charge is 2.06. The van der Waals surface area contributed by atoms with E-state index in [1.165, 1.54) is 4.90 Å². The molecule has 0 spiro atoms. The van der Waals surface area contributed by atoms with Crippen LogP contribution in [0, 0.1) is 0 Å². The highest BCUT2D eigenvalue weighted by molar-refractivity contribution is 7.91. The van der Waals surface area contributed by atoms with Crippen LogP contribution < -0.4 is 10.6 Å². The van der Waals surface area contributed by atoms with Gasteiger partial charge in [-0.25, -0.2) is 13.2 Å². The molecule has 6 nitrogen and oxygen atoms in total. The lowest BCUT2D eigenvalue weighted by atomic mass is 10.6. The molecule has 0 saturated heterocycles. The van der Waals surface area contributed by atoms with Crippen LogP contribution in [0.2, 0.25) is 0 Å². The summed E-state index contributed by atoms with van der Waals surface area (Å²) in [7, 11) is 0.432. The van der Waals surface area contributed by atoms with Gasteiger partial charge in [0.2, 0.25) is 0 Å². The quantitative estimate of drug-likeness (QED) is 0.585. The van der Waals surface area contributed by atoms with Crippen molar-refractivity contribution >= 4 is 15.9 Å². The molecular weight excluding hydrogens is 230 g/mol. The lowest BCUT2D eigenvalue weighted by Crippen LogP contribution is -2.39. The molecule has 0 atom stereocenters. The molecule has 0 aromatic heterocycles. The van der Waals surface area contributed by atoms with Gasteiger partial charge in [0.05, 0.1) is 5.75 Å². The molecule has 0 rings (SSSR count). The zero-order chi connectivity index (χ0) is 12.6. The fourth-order valence-corrected chi connectivity index (χ4v) is 1.66. The number of amides is 2. The topological polar surface area (TPSA) is 78.5 Å². The van der Waals surface area contributed by atoms with Crippen LogP contribution in [0.3, 0.4) is 0 Å².